The van der Waals surface area contributed by atoms with Crippen LogP contribution in [0.25, 0.3) is 0 Å². The van der Waals surface area contributed by atoms with Gasteiger partial charge in [-0.3, -0.25) is 14.4 Å². The number of methoxy groups -OCH3 is 1. The number of likely N-dealkylation sites (tertiary alicyclic amines) is 1. The molecule has 5 unspecified atom stereocenters. The molecular weight excluding hydrogens is 514 g/mol. The van der Waals surface area contributed by atoms with Crippen molar-refractivity contribution >= 4 is 17.7 Å². The van der Waals surface area contributed by atoms with Gasteiger partial charge in [0.2, 0.25) is 17.7 Å². The van der Waals surface area contributed by atoms with E-state index in [2.05, 4.69) is 10.6 Å². The zero-order chi connectivity index (χ0) is 28.8. The molecule has 6 N–H and O–H groups in total. The van der Waals surface area contributed by atoms with Crippen molar-refractivity contribution in [2.75, 3.05) is 40.0 Å². The van der Waals surface area contributed by atoms with Gasteiger partial charge in [-0.15, -0.1) is 0 Å². The van der Waals surface area contributed by atoms with Crippen LogP contribution in [0.15, 0.2) is 0 Å². The highest BCUT2D eigenvalue weighted by molar-refractivity contribution is 5.77. The molecule has 3 amide bonds. The third kappa shape index (κ3) is 11.3. The molecule has 2 aliphatic heterocycles. The maximum absolute atomic E-state index is 12.4. The first-order valence-corrected chi connectivity index (χ1v) is 13.9. The van der Waals surface area contributed by atoms with Crippen LogP contribution in [0, 0.1) is 0 Å². The van der Waals surface area contributed by atoms with Crippen molar-refractivity contribution in [2.24, 2.45) is 0 Å². The molecule has 226 valence electrons. The van der Waals surface area contributed by atoms with Crippen LogP contribution in [-0.4, -0.2) is 126 Å². The maximum Gasteiger partial charge on any atom is 0.222 e. The lowest BCUT2D eigenvalue weighted by atomic mass is 9.97. The van der Waals surface area contributed by atoms with Crippen LogP contribution in [0.4, 0.5) is 0 Å². The fraction of sp³-hybridized carbons (Fsp3) is 0.885. The number of carbonyl (C=O) groups is 3. The molecular formula is C26H47N3O10. The SMILES string of the molecule is COC[C@@H]1C[C@@H](O)CN1C(=O)CCCCCNC(=O)CCCCCOC1OC(CO)C(O)C(O)C1NC(C)=O. The molecule has 0 aliphatic carbocycles. The quantitative estimate of drug-likeness (QED) is 0.118. The Bertz CT molecular complexity index is 757. The number of nitrogens with one attached hydrogen (secondary N) is 2. The topological polar surface area (TPSA) is 187 Å². The predicted octanol–water partition coefficient (Wildman–Crippen LogP) is -1.21. The number of β-amino-alcohol motifs (C(OH)–C–C–N with tert-alkyl or cyclic N) is 1. The summed E-state index contributed by atoms with van der Waals surface area (Å²) in [5.74, 6) is -0.418. The van der Waals surface area contributed by atoms with Gasteiger partial charge in [-0.1, -0.05) is 12.8 Å². The van der Waals surface area contributed by atoms with Crippen molar-refractivity contribution in [3.05, 3.63) is 0 Å². The summed E-state index contributed by atoms with van der Waals surface area (Å²) >= 11 is 0. The molecule has 39 heavy (non-hydrogen) atoms. The van der Waals surface area contributed by atoms with Crippen LogP contribution in [-0.2, 0) is 28.6 Å². The number of aliphatic hydroxyl groups excluding tert-OH is 4. The summed E-state index contributed by atoms with van der Waals surface area (Å²) < 4.78 is 16.3. The summed E-state index contributed by atoms with van der Waals surface area (Å²) in [6, 6.07) is -1.03. The zero-order valence-corrected chi connectivity index (χ0v) is 23.1. The van der Waals surface area contributed by atoms with E-state index in [0.29, 0.717) is 51.8 Å². The van der Waals surface area contributed by atoms with E-state index in [1.54, 1.807) is 12.0 Å². The second-order valence-electron chi connectivity index (χ2n) is 10.3. The van der Waals surface area contributed by atoms with E-state index in [1.807, 2.05) is 0 Å². The number of carbonyl (C=O) groups excluding carboxylic acids is 3. The van der Waals surface area contributed by atoms with Crippen molar-refractivity contribution in [3.8, 4) is 0 Å². The van der Waals surface area contributed by atoms with Crippen molar-refractivity contribution in [1.29, 1.82) is 0 Å². The molecule has 2 rings (SSSR count). The minimum atomic E-state index is -1.36. The number of amides is 3. The molecule has 2 saturated heterocycles. The molecule has 0 bridgehead atoms. The standard InChI is InChI=1S/C26H47N3O10/c1-17(31)28-23-25(36)24(35)20(15-30)39-26(23)38-12-8-4-5-9-21(33)27-11-7-3-6-10-22(34)29-14-19(32)13-18(29)16-37-2/h18-20,23-26,30,32,35-36H,3-16H2,1-2H3,(H,27,33)(H,28,31)/t18-,19+,20?,23?,24?,25?,26?/m0/s1. The summed E-state index contributed by atoms with van der Waals surface area (Å²) in [6.07, 6.45) is 0.440. The van der Waals surface area contributed by atoms with Gasteiger partial charge in [0.15, 0.2) is 6.29 Å². The number of hydrogen-bond donors (Lipinski definition) is 6. The second kappa shape index (κ2) is 17.7. The Morgan fingerprint density at radius 2 is 1.72 bits per heavy atom. The van der Waals surface area contributed by atoms with Gasteiger partial charge < -0.3 is 50.2 Å². The van der Waals surface area contributed by atoms with Crippen molar-refractivity contribution < 1.29 is 49.0 Å². The molecule has 0 aromatic heterocycles. The highest BCUT2D eigenvalue weighted by Gasteiger charge is 2.45. The molecule has 0 aromatic carbocycles. The van der Waals surface area contributed by atoms with Gasteiger partial charge in [0.05, 0.1) is 25.4 Å². The van der Waals surface area contributed by atoms with E-state index < -0.39 is 49.3 Å². The summed E-state index contributed by atoms with van der Waals surface area (Å²) in [4.78, 5) is 37.7. The maximum atomic E-state index is 12.4. The summed E-state index contributed by atoms with van der Waals surface area (Å²) in [7, 11) is 1.59. The Labute approximate surface area is 230 Å². The van der Waals surface area contributed by atoms with Gasteiger partial charge in [-0.25, -0.2) is 0 Å². The van der Waals surface area contributed by atoms with Crippen molar-refractivity contribution in [1.82, 2.24) is 15.5 Å². The van der Waals surface area contributed by atoms with Gasteiger partial charge in [0.1, 0.15) is 24.4 Å². The summed E-state index contributed by atoms with van der Waals surface area (Å²) in [6.45, 7) is 2.37. The number of nitrogens with zero attached hydrogens (tertiary/aromatic N) is 1. The van der Waals surface area contributed by atoms with E-state index in [4.69, 9.17) is 14.2 Å². The Morgan fingerprint density at radius 3 is 2.41 bits per heavy atom. The lowest BCUT2D eigenvalue weighted by Gasteiger charge is -2.42. The van der Waals surface area contributed by atoms with E-state index in [1.165, 1.54) is 6.92 Å². The smallest absolute Gasteiger partial charge is 0.222 e. The highest BCUT2D eigenvalue weighted by Crippen LogP contribution is 2.23. The fourth-order valence-corrected chi connectivity index (χ4v) is 4.96. The molecule has 2 aliphatic rings. The average Bonchev–Trinajstić information content (AvgIpc) is 3.27. The summed E-state index contributed by atoms with van der Waals surface area (Å²) in [5, 5.41) is 44.9. The average molecular weight is 562 g/mol. The zero-order valence-electron chi connectivity index (χ0n) is 23.1. The number of rotatable bonds is 17. The first-order valence-electron chi connectivity index (χ1n) is 13.9. The molecule has 2 fully saturated rings. The Hall–Kier alpha value is -1.87. The van der Waals surface area contributed by atoms with Crippen molar-refractivity contribution in [2.45, 2.75) is 108 Å². The number of hydrogen-bond acceptors (Lipinski definition) is 10. The van der Waals surface area contributed by atoms with Crippen molar-refractivity contribution in [3.63, 3.8) is 0 Å². The number of unbranched alkanes of at least 4 members (excludes halogenated alkanes) is 4. The van der Waals surface area contributed by atoms with Gasteiger partial charge in [-0.05, 0) is 32.1 Å². The normalized spacial score (nSPS) is 28.9. The molecule has 2 heterocycles. The third-order valence-electron chi connectivity index (χ3n) is 7.04. The first-order chi connectivity index (χ1) is 18.7. The van der Waals surface area contributed by atoms with Crippen LogP contribution < -0.4 is 10.6 Å². The lowest BCUT2D eigenvalue weighted by Crippen LogP contribution is -2.64. The van der Waals surface area contributed by atoms with Gasteiger partial charge in [-0.2, -0.15) is 0 Å². The van der Waals surface area contributed by atoms with Gasteiger partial charge in [0, 0.05) is 46.6 Å². The molecule has 0 radical (unpaired) electrons. The molecule has 13 heteroatoms. The summed E-state index contributed by atoms with van der Waals surface area (Å²) in [5.41, 5.74) is 0. The fourth-order valence-electron chi connectivity index (χ4n) is 4.96. The van der Waals surface area contributed by atoms with E-state index in [0.717, 1.165) is 25.7 Å². The predicted molar refractivity (Wildman–Crippen MR) is 139 cm³/mol. The van der Waals surface area contributed by atoms with Crippen LogP contribution in [0.1, 0.15) is 64.7 Å². The lowest BCUT2D eigenvalue weighted by molar-refractivity contribution is -0.270. The molecule has 7 atom stereocenters. The Morgan fingerprint density at radius 1 is 1.00 bits per heavy atom. The minimum absolute atomic E-state index is 0.0317. The van der Waals surface area contributed by atoms with Gasteiger partial charge in [0.25, 0.3) is 0 Å². The Kier molecular flexibility index (Phi) is 15.2. The van der Waals surface area contributed by atoms with E-state index in [-0.39, 0.29) is 24.5 Å². The molecule has 0 spiro atoms. The largest absolute Gasteiger partial charge is 0.394 e. The number of ether oxygens (including phenoxy) is 3. The monoisotopic (exact) mass is 561 g/mol. The minimum Gasteiger partial charge on any atom is -0.394 e. The molecule has 13 nitrogen and oxygen atoms in total. The van der Waals surface area contributed by atoms with Gasteiger partial charge >= 0.3 is 0 Å². The van der Waals surface area contributed by atoms with E-state index in [9.17, 15) is 34.8 Å². The molecule has 0 saturated carbocycles. The molecule has 0 aromatic rings. The first kappa shape index (κ1) is 33.3. The van der Waals surface area contributed by atoms with E-state index >= 15 is 0 Å². The van der Waals surface area contributed by atoms with Crippen LogP contribution in [0.5, 0.6) is 0 Å². The highest BCUT2D eigenvalue weighted by atomic mass is 16.7. The second-order valence-corrected chi connectivity index (χ2v) is 10.3. The third-order valence-corrected chi connectivity index (χ3v) is 7.04. The number of aliphatic hydroxyl groups is 4. The van der Waals surface area contributed by atoms with Crippen LogP contribution in [0.2, 0.25) is 0 Å². The van der Waals surface area contributed by atoms with Crippen LogP contribution >= 0.6 is 0 Å². The Balaban J connectivity index is 1.52. The van der Waals surface area contributed by atoms with Crippen LogP contribution in [0.3, 0.4) is 0 Å².